The fourth-order valence-electron chi connectivity index (χ4n) is 2.41. The number of aryl methyl sites for hydroxylation is 1. The van der Waals surface area contributed by atoms with E-state index in [-0.39, 0.29) is 12.5 Å². The van der Waals surface area contributed by atoms with Crippen LogP contribution in [0.1, 0.15) is 11.3 Å². The Morgan fingerprint density at radius 2 is 1.88 bits per heavy atom. The summed E-state index contributed by atoms with van der Waals surface area (Å²) in [7, 11) is 0. The van der Waals surface area contributed by atoms with Gasteiger partial charge in [0.15, 0.2) is 12.4 Å². The lowest BCUT2D eigenvalue weighted by atomic mass is 10.2. The van der Waals surface area contributed by atoms with E-state index in [2.05, 4.69) is 10.3 Å². The molecule has 0 saturated heterocycles. The van der Waals surface area contributed by atoms with Crippen LogP contribution in [-0.4, -0.2) is 17.5 Å². The van der Waals surface area contributed by atoms with Crippen molar-refractivity contribution in [3.63, 3.8) is 0 Å². The van der Waals surface area contributed by atoms with Gasteiger partial charge in [-0.25, -0.2) is 4.98 Å². The molecule has 0 aliphatic carbocycles. The number of hydrogen-bond acceptors (Lipinski definition) is 3. The SMILES string of the molecule is Cc1ccc2c(Cl)cc(Cl)c(OCC(=O)NCc3ccccc3)c2n1. The van der Waals surface area contributed by atoms with Crippen LogP contribution < -0.4 is 10.1 Å². The summed E-state index contributed by atoms with van der Waals surface area (Å²) in [5, 5.41) is 4.36. The van der Waals surface area contributed by atoms with Gasteiger partial charge in [0.1, 0.15) is 5.52 Å². The molecule has 0 atom stereocenters. The molecule has 2 aromatic carbocycles. The molecule has 3 rings (SSSR count). The number of halogens is 2. The maximum absolute atomic E-state index is 12.0. The molecule has 1 N–H and O–H groups in total. The lowest BCUT2D eigenvalue weighted by molar-refractivity contribution is -0.123. The van der Waals surface area contributed by atoms with Gasteiger partial charge in [0.25, 0.3) is 5.91 Å². The number of ether oxygens (including phenoxy) is 1. The van der Waals surface area contributed by atoms with Crippen molar-refractivity contribution in [3.05, 3.63) is 69.8 Å². The van der Waals surface area contributed by atoms with Crippen molar-refractivity contribution in [2.45, 2.75) is 13.5 Å². The molecule has 0 unspecified atom stereocenters. The van der Waals surface area contributed by atoms with Crippen LogP contribution in [0.5, 0.6) is 5.75 Å². The predicted octanol–water partition coefficient (Wildman–Crippen LogP) is 4.55. The van der Waals surface area contributed by atoms with Crippen LogP contribution in [0, 0.1) is 6.92 Å². The molecule has 3 aromatic rings. The highest BCUT2D eigenvalue weighted by Gasteiger charge is 2.14. The van der Waals surface area contributed by atoms with Gasteiger partial charge in [-0.05, 0) is 30.7 Å². The first-order chi connectivity index (χ1) is 12.0. The first-order valence-corrected chi connectivity index (χ1v) is 8.49. The van der Waals surface area contributed by atoms with E-state index in [1.165, 1.54) is 0 Å². The maximum atomic E-state index is 12.0. The fourth-order valence-corrected chi connectivity index (χ4v) is 2.98. The molecular formula is C19H16Cl2N2O2. The molecule has 0 aliphatic rings. The number of nitrogens with zero attached hydrogens (tertiary/aromatic N) is 1. The third-order valence-corrected chi connectivity index (χ3v) is 4.25. The monoisotopic (exact) mass is 374 g/mol. The van der Waals surface area contributed by atoms with Gasteiger partial charge in [-0.2, -0.15) is 0 Å². The Hall–Kier alpha value is -2.30. The van der Waals surface area contributed by atoms with E-state index in [1.807, 2.05) is 49.4 Å². The van der Waals surface area contributed by atoms with Gasteiger partial charge in [0.05, 0.1) is 10.0 Å². The molecule has 1 heterocycles. The molecule has 128 valence electrons. The second-order valence-corrected chi connectivity index (χ2v) is 6.38. The second kappa shape index (κ2) is 7.72. The molecule has 0 radical (unpaired) electrons. The number of benzene rings is 2. The average molecular weight is 375 g/mol. The normalized spacial score (nSPS) is 10.7. The van der Waals surface area contributed by atoms with Gasteiger partial charge in [0.2, 0.25) is 0 Å². The summed E-state index contributed by atoms with van der Waals surface area (Å²) in [6.45, 7) is 2.15. The van der Waals surface area contributed by atoms with Crippen molar-refractivity contribution < 1.29 is 9.53 Å². The fraction of sp³-hybridized carbons (Fsp3) is 0.158. The molecule has 1 amide bonds. The molecule has 4 nitrogen and oxygen atoms in total. The molecular weight excluding hydrogens is 359 g/mol. The summed E-state index contributed by atoms with van der Waals surface area (Å²) in [6.07, 6.45) is 0. The summed E-state index contributed by atoms with van der Waals surface area (Å²) in [4.78, 5) is 16.5. The minimum Gasteiger partial charge on any atom is -0.480 e. The number of carbonyl (C=O) groups excluding carboxylic acids is 1. The van der Waals surface area contributed by atoms with Crippen LogP contribution >= 0.6 is 23.2 Å². The van der Waals surface area contributed by atoms with Crippen molar-refractivity contribution in [1.29, 1.82) is 0 Å². The molecule has 0 aliphatic heterocycles. The van der Waals surface area contributed by atoms with Crippen LogP contribution in [0.3, 0.4) is 0 Å². The van der Waals surface area contributed by atoms with Gasteiger partial charge in [-0.3, -0.25) is 4.79 Å². The van der Waals surface area contributed by atoms with Crippen LogP contribution in [0.15, 0.2) is 48.5 Å². The second-order valence-electron chi connectivity index (χ2n) is 5.57. The first kappa shape index (κ1) is 17.5. The van der Waals surface area contributed by atoms with Crippen LogP contribution in [0.4, 0.5) is 0 Å². The molecule has 0 bridgehead atoms. The highest BCUT2D eigenvalue weighted by atomic mass is 35.5. The van der Waals surface area contributed by atoms with E-state index in [9.17, 15) is 4.79 Å². The lowest BCUT2D eigenvalue weighted by Gasteiger charge is -2.12. The Morgan fingerprint density at radius 3 is 2.64 bits per heavy atom. The third kappa shape index (κ3) is 4.21. The highest BCUT2D eigenvalue weighted by Crippen LogP contribution is 2.37. The van der Waals surface area contributed by atoms with Crippen LogP contribution in [-0.2, 0) is 11.3 Å². The quantitative estimate of drug-likeness (QED) is 0.712. The van der Waals surface area contributed by atoms with E-state index in [0.29, 0.717) is 27.9 Å². The number of pyridine rings is 1. The van der Waals surface area contributed by atoms with Crippen molar-refractivity contribution >= 4 is 40.0 Å². The Labute approximate surface area is 155 Å². The zero-order valence-electron chi connectivity index (χ0n) is 13.6. The minimum absolute atomic E-state index is 0.154. The molecule has 0 spiro atoms. The topological polar surface area (TPSA) is 51.2 Å². The molecule has 0 saturated carbocycles. The van der Waals surface area contributed by atoms with Gasteiger partial charge >= 0.3 is 0 Å². The smallest absolute Gasteiger partial charge is 0.258 e. The number of nitrogens with one attached hydrogen (secondary N) is 1. The van der Waals surface area contributed by atoms with Gasteiger partial charge in [-0.1, -0.05) is 53.5 Å². The molecule has 25 heavy (non-hydrogen) atoms. The van der Waals surface area contributed by atoms with Crippen molar-refractivity contribution in [2.75, 3.05) is 6.61 Å². The zero-order valence-corrected chi connectivity index (χ0v) is 15.1. The Balaban J connectivity index is 1.72. The van der Waals surface area contributed by atoms with E-state index >= 15 is 0 Å². The van der Waals surface area contributed by atoms with Gasteiger partial charge in [-0.15, -0.1) is 0 Å². The zero-order chi connectivity index (χ0) is 17.8. The van der Waals surface area contributed by atoms with Crippen molar-refractivity contribution in [3.8, 4) is 5.75 Å². The number of carbonyl (C=O) groups is 1. The van der Waals surface area contributed by atoms with Gasteiger partial charge < -0.3 is 10.1 Å². The molecule has 6 heteroatoms. The maximum Gasteiger partial charge on any atom is 0.258 e. The summed E-state index contributed by atoms with van der Waals surface area (Å²) >= 11 is 12.4. The van der Waals surface area contributed by atoms with E-state index in [0.717, 1.165) is 16.6 Å². The van der Waals surface area contributed by atoms with Crippen molar-refractivity contribution in [1.82, 2.24) is 10.3 Å². The average Bonchev–Trinajstić information content (AvgIpc) is 2.60. The minimum atomic E-state index is -0.240. The number of amides is 1. The summed E-state index contributed by atoms with van der Waals surface area (Å²) in [5.41, 5.74) is 2.38. The number of fused-ring (bicyclic) bond motifs is 1. The summed E-state index contributed by atoms with van der Waals surface area (Å²) in [5.74, 6) is 0.121. The first-order valence-electron chi connectivity index (χ1n) is 7.73. The Bertz CT molecular complexity index is 914. The van der Waals surface area contributed by atoms with Gasteiger partial charge in [0, 0.05) is 17.6 Å². The standard InChI is InChI=1S/C19H16Cl2N2O2/c1-12-7-8-14-15(20)9-16(21)19(18(14)23-12)25-11-17(24)22-10-13-5-3-2-4-6-13/h2-9H,10-11H2,1H3,(H,22,24). The van der Waals surface area contributed by atoms with E-state index in [4.69, 9.17) is 27.9 Å². The summed E-state index contributed by atoms with van der Waals surface area (Å²) < 4.78 is 5.65. The lowest BCUT2D eigenvalue weighted by Crippen LogP contribution is -2.28. The molecule has 0 fully saturated rings. The Kier molecular flexibility index (Phi) is 5.41. The largest absolute Gasteiger partial charge is 0.480 e. The molecule has 1 aromatic heterocycles. The number of aromatic nitrogens is 1. The summed E-state index contributed by atoms with van der Waals surface area (Å²) in [6, 6.07) is 15.0. The van der Waals surface area contributed by atoms with Crippen molar-refractivity contribution in [2.24, 2.45) is 0 Å². The van der Waals surface area contributed by atoms with Crippen LogP contribution in [0.25, 0.3) is 10.9 Å². The van der Waals surface area contributed by atoms with E-state index in [1.54, 1.807) is 6.07 Å². The van der Waals surface area contributed by atoms with Crippen LogP contribution in [0.2, 0.25) is 10.0 Å². The van der Waals surface area contributed by atoms with E-state index < -0.39 is 0 Å². The Morgan fingerprint density at radius 1 is 1.12 bits per heavy atom. The predicted molar refractivity (Wildman–Crippen MR) is 100 cm³/mol. The number of hydrogen-bond donors (Lipinski definition) is 1. The third-order valence-electron chi connectivity index (χ3n) is 3.66. The highest BCUT2D eigenvalue weighted by molar-refractivity contribution is 6.39. The number of rotatable bonds is 5.